The van der Waals surface area contributed by atoms with Crippen molar-refractivity contribution in [1.29, 1.82) is 0 Å². The minimum atomic E-state index is -0.218. The van der Waals surface area contributed by atoms with Crippen LogP contribution in [0.3, 0.4) is 0 Å². The quantitative estimate of drug-likeness (QED) is 0.266. The van der Waals surface area contributed by atoms with Crippen molar-refractivity contribution < 1.29 is 9.31 Å². The van der Waals surface area contributed by atoms with Crippen LogP contribution in [0.1, 0.15) is 66.6 Å². The van der Waals surface area contributed by atoms with Crippen molar-refractivity contribution in [1.82, 2.24) is 0 Å². The van der Waals surface area contributed by atoms with E-state index in [0.29, 0.717) is 6.73 Å². The van der Waals surface area contributed by atoms with Crippen LogP contribution in [0.4, 0.5) is 5.69 Å². The number of hydrogen-bond acceptors (Lipinski definition) is 1. The highest BCUT2D eigenvalue weighted by molar-refractivity contribution is 5.84. The number of benzene rings is 4. The molecular formula is C34H36NO+. The zero-order valence-electron chi connectivity index (χ0n) is 22.3. The van der Waals surface area contributed by atoms with Gasteiger partial charge in [-0.1, -0.05) is 100 Å². The molecule has 0 amide bonds. The summed E-state index contributed by atoms with van der Waals surface area (Å²) in [6.45, 7) is 14.0. The Hall–Kier alpha value is -3.65. The second-order valence-electron chi connectivity index (χ2n) is 11.1. The van der Waals surface area contributed by atoms with Crippen LogP contribution in [0.2, 0.25) is 0 Å². The van der Waals surface area contributed by atoms with Crippen LogP contribution in [-0.4, -0.2) is 17.5 Å². The van der Waals surface area contributed by atoms with Gasteiger partial charge in [0.15, 0.2) is 6.21 Å². The molecule has 1 heterocycles. The van der Waals surface area contributed by atoms with E-state index in [1.165, 1.54) is 33.4 Å². The molecule has 4 aromatic rings. The van der Waals surface area contributed by atoms with Gasteiger partial charge in [0.2, 0.25) is 5.69 Å². The molecule has 0 unspecified atom stereocenters. The molecular weight excluding hydrogens is 438 g/mol. The number of ether oxygens (including phenoxy) is 1. The lowest BCUT2D eigenvalue weighted by Crippen LogP contribution is -2.28. The average molecular weight is 475 g/mol. The molecule has 5 rings (SSSR count). The smallest absolute Gasteiger partial charge is 0.292 e. The van der Waals surface area contributed by atoms with E-state index in [1.807, 2.05) is 0 Å². The van der Waals surface area contributed by atoms with E-state index in [1.54, 1.807) is 0 Å². The van der Waals surface area contributed by atoms with Crippen molar-refractivity contribution >= 4 is 11.9 Å². The maximum Gasteiger partial charge on any atom is 0.292 e. The largest absolute Gasteiger partial charge is 0.435 e. The molecule has 36 heavy (non-hydrogen) atoms. The van der Waals surface area contributed by atoms with Crippen LogP contribution in [0, 0.1) is 13.8 Å². The second-order valence-corrected chi connectivity index (χ2v) is 11.1. The van der Waals surface area contributed by atoms with Gasteiger partial charge < -0.3 is 4.74 Å². The summed E-state index contributed by atoms with van der Waals surface area (Å²) in [5.74, 6) is 0.983. The molecule has 0 atom stereocenters. The van der Waals surface area contributed by atoms with Crippen molar-refractivity contribution in [2.24, 2.45) is 0 Å². The van der Waals surface area contributed by atoms with Crippen molar-refractivity contribution in [3.05, 3.63) is 130 Å². The Kier molecular flexibility index (Phi) is 6.08. The van der Waals surface area contributed by atoms with Gasteiger partial charge in [0.1, 0.15) is 5.75 Å². The Labute approximate surface area is 215 Å². The van der Waals surface area contributed by atoms with Gasteiger partial charge in [0, 0.05) is 28.5 Å². The van der Waals surface area contributed by atoms with Crippen LogP contribution in [-0.2, 0) is 10.8 Å². The van der Waals surface area contributed by atoms with Gasteiger partial charge in [0.05, 0.1) is 5.56 Å². The molecule has 1 aliphatic rings. The predicted molar refractivity (Wildman–Crippen MR) is 150 cm³/mol. The molecule has 0 N–H and O–H groups in total. The highest BCUT2D eigenvalue weighted by Crippen LogP contribution is 2.44. The molecule has 0 aliphatic carbocycles. The van der Waals surface area contributed by atoms with E-state index in [0.717, 1.165) is 17.0 Å². The van der Waals surface area contributed by atoms with E-state index >= 15 is 0 Å². The van der Waals surface area contributed by atoms with E-state index in [9.17, 15) is 0 Å². The summed E-state index contributed by atoms with van der Waals surface area (Å²) in [5.41, 5.74) is 9.52. The van der Waals surface area contributed by atoms with Gasteiger partial charge >= 0.3 is 0 Å². The third-order valence-corrected chi connectivity index (χ3v) is 7.68. The fourth-order valence-electron chi connectivity index (χ4n) is 5.37. The normalized spacial score (nSPS) is 13.6. The summed E-state index contributed by atoms with van der Waals surface area (Å²) in [5, 5.41) is 0. The van der Waals surface area contributed by atoms with Crippen molar-refractivity contribution in [3.8, 4) is 5.75 Å². The maximum absolute atomic E-state index is 6.58. The van der Waals surface area contributed by atoms with Crippen LogP contribution < -0.4 is 4.74 Å². The summed E-state index contributed by atoms with van der Waals surface area (Å²) in [7, 11) is 0. The highest BCUT2D eigenvalue weighted by Gasteiger charge is 2.34. The van der Waals surface area contributed by atoms with Crippen molar-refractivity contribution in [2.75, 3.05) is 6.73 Å². The van der Waals surface area contributed by atoms with E-state index in [-0.39, 0.29) is 10.8 Å². The van der Waals surface area contributed by atoms with Gasteiger partial charge in [-0.05, 0) is 47.7 Å². The molecule has 0 aromatic heterocycles. The van der Waals surface area contributed by atoms with Crippen LogP contribution in [0.5, 0.6) is 5.75 Å². The van der Waals surface area contributed by atoms with Gasteiger partial charge in [-0.25, -0.2) is 0 Å². The first-order valence-electron chi connectivity index (χ1n) is 12.8. The lowest BCUT2D eigenvalue weighted by atomic mass is 9.72. The number of nitrogens with zero attached hydrogens (tertiary/aromatic N) is 1. The molecule has 182 valence electrons. The Balaban J connectivity index is 1.73. The summed E-state index contributed by atoms with van der Waals surface area (Å²) in [6.07, 6.45) is 2.27. The van der Waals surface area contributed by atoms with Gasteiger partial charge in [-0.3, -0.25) is 0 Å². The van der Waals surface area contributed by atoms with Crippen LogP contribution in [0.25, 0.3) is 0 Å². The average Bonchev–Trinajstić information content (AvgIpc) is 2.88. The maximum atomic E-state index is 6.58. The van der Waals surface area contributed by atoms with E-state index in [2.05, 4.69) is 143 Å². The lowest BCUT2D eigenvalue weighted by Gasteiger charge is -2.33. The third kappa shape index (κ3) is 4.37. The summed E-state index contributed by atoms with van der Waals surface area (Å²) >= 11 is 0. The first-order valence-corrected chi connectivity index (χ1v) is 12.8. The number of fused-ring (bicyclic) bond motifs is 1. The summed E-state index contributed by atoms with van der Waals surface area (Å²) in [4.78, 5) is 0. The second kappa shape index (κ2) is 9.09. The predicted octanol–water partition coefficient (Wildman–Crippen LogP) is 8.07. The first-order chi connectivity index (χ1) is 17.2. The van der Waals surface area contributed by atoms with E-state index in [4.69, 9.17) is 4.74 Å². The zero-order chi connectivity index (χ0) is 25.5. The lowest BCUT2D eigenvalue weighted by molar-refractivity contribution is -0.476. The van der Waals surface area contributed by atoms with Gasteiger partial charge in [-0.2, -0.15) is 4.58 Å². The summed E-state index contributed by atoms with van der Waals surface area (Å²) < 4.78 is 8.80. The molecule has 0 saturated heterocycles. The minimum absolute atomic E-state index is 0.159. The van der Waals surface area contributed by atoms with E-state index < -0.39 is 0 Å². The van der Waals surface area contributed by atoms with Gasteiger partial charge in [-0.15, -0.1) is 0 Å². The molecule has 0 saturated carbocycles. The molecule has 1 aliphatic heterocycles. The SMILES string of the molecule is Cc1cc(C)cc([N+]2=Cc3cc(C(C)(C)c4ccccc4)cc(C(C)(C)c4ccccc4)c3OC2)c1. The molecule has 0 fully saturated rings. The standard InChI is InChI=1S/C34H36NO/c1-24-17-25(2)19-30(18-24)35-22-26-20-29(33(3,4)27-13-9-7-10-14-27)21-31(32(26)36-23-35)34(5,6)28-15-11-8-12-16-28/h7-22H,23H2,1-6H3/q+1. The Morgan fingerprint density at radius 3 is 1.78 bits per heavy atom. The molecule has 2 nitrogen and oxygen atoms in total. The Bertz CT molecular complexity index is 1410. The zero-order valence-corrected chi connectivity index (χ0v) is 22.3. The molecule has 4 aromatic carbocycles. The minimum Gasteiger partial charge on any atom is -0.435 e. The first kappa shape index (κ1) is 24.1. The van der Waals surface area contributed by atoms with Crippen LogP contribution >= 0.6 is 0 Å². The Morgan fingerprint density at radius 1 is 0.639 bits per heavy atom. The van der Waals surface area contributed by atoms with Gasteiger partial charge in [0.25, 0.3) is 6.73 Å². The molecule has 2 heteroatoms. The topological polar surface area (TPSA) is 12.2 Å². The number of rotatable bonds is 5. The van der Waals surface area contributed by atoms with Crippen molar-refractivity contribution in [2.45, 2.75) is 52.4 Å². The molecule has 0 spiro atoms. The van der Waals surface area contributed by atoms with Crippen molar-refractivity contribution in [3.63, 3.8) is 0 Å². The Morgan fingerprint density at radius 2 is 1.19 bits per heavy atom. The molecule has 0 radical (unpaired) electrons. The number of aryl methyl sites for hydroxylation is 2. The number of hydrogen-bond donors (Lipinski definition) is 0. The third-order valence-electron chi connectivity index (χ3n) is 7.68. The fraction of sp³-hybridized carbons (Fsp3) is 0.265. The fourth-order valence-corrected chi connectivity index (χ4v) is 5.37. The summed E-state index contributed by atoms with van der Waals surface area (Å²) in [6, 6.07) is 32.9. The van der Waals surface area contributed by atoms with Crippen LogP contribution in [0.15, 0.2) is 91.0 Å². The molecule has 0 bridgehead atoms. The monoisotopic (exact) mass is 474 g/mol. The highest BCUT2D eigenvalue weighted by atomic mass is 16.5.